The van der Waals surface area contributed by atoms with Crippen molar-refractivity contribution in [3.63, 3.8) is 0 Å². The van der Waals surface area contributed by atoms with Crippen molar-refractivity contribution in [1.82, 2.24) is 0 Å². The van der Waals surface area contributed by atoms with E-state index in [9.17, 15) is 45.6 Å². The minimum absolute atomic E-state index is 0.0369. The van der Waals surface area contributed by atoms with Gasteiger partial charge in [0.05, 0.1) is 25.4 Å². The van der Waals surface area contributed by atoms with Crippen molar-refractivity contribution in [2.75, 3.05) is 19.8 Å². The lowest BCUT2D eigenvalue weighted by Crippen LogP contribution is -2.62. The first kappa shape index (κ1) is 28.9. The van der Waals surface area contributed by atoms with E-state index in [4.69, 9.17) is 18.9 Å². The smallest absolute Gasteiger partial charge is 0.229 e. The predicted molar refractivity (Wildman–Crippen MR) is 131 cm³/mol. The normalized spacial score (nSPS) is 32.9. The molecule has 13 nitrogen and oxygen atoms in total. The van der Waals surface area contributed by atoms with Crippen LogP contribution >= 0.6 is 0 Å². The number of aliphatic hydroxyl groups is 6. The third kappa shape index (κ3) is 6.22. The number of allylic oxidation sites excluding steroid dienone is 1. The van der Waals surface area contributed by atoms with E-state index in [-0.39, 0.29) is 17.1 Å². The Kier molecular flexibility index (Phi) is 8.86. The average molecular weight is 551 g/mol. The topological polar surface area (TPSA) is 216 Å². The van der Waals surface area contributed by atoms with Gasteiger partial charge in [-0.3, -0.25) is 4.79 Å². The number of carbonyl (C=O) groups is 1. The molecule has 0 bridgehead atoms. The van der Waals surface area contributed by atoms with Gasteiger partial charge < -0.3 is 59.8 Å². The van der Waals surface area contributed by atoms with Crippen LogP contribution in [0.25, 0.3) is 6.08 Å². The molecule has 2 fully saturated rings. The highest BCUT2D eigenvalue weighted by molar-refractivity contribution is 6.08. The number of carbonyl (C=O) groups excluding carboxylic acids is 1. The van der Waals surface area contributed by atoms with Crippen LogP contribution in [0.3, 0.4) is 0 Å². The maximum Gasteiger partial charge on any atom is 0.229 e. The van der Waals surface area contributed by atoms with Gasteiger partial charge in [-0.15, -0.1) is 0 Å². The summed E-state index contributed by atoms with van der Waals surface area (Å²) in [7, 11) is 0. The maximum atomic E-state index is 12.6. The molecule has 2 saturated heterocycles. The molecule has 0 saturated carbocycles. The van der Waals surface area contributed by atoms with Crippen LogP contribution in [0.1, 0.15) is 15.9 Å². The summed E-state index contributed by atoms with van der Waals surface area (Å²) in [5.41, 5.74) is -1.42. The van der Waals surface area contributed by atoms with Crippen molar-refractivity contribution in [3.8, 4) is 17.2 Å². The molecule has 8 N–H and O–H groups in total. The summed E-state index contributed by atoms with van der Waals surface area (Å²) >= 11 is 0. The highest BCUT2D eigenvalue weighted by Crippen LogP contribution is 2.33. The van der Waals surface area contributed by atoms with Crippen molar-refractivity contribution >= 4 is 11.9 Å². The third-order valence-corrected chi connectivity index (χ3v) is 6.50. The number of phenols is 2. The fourth-order valence-corrected chi connectivity index (χ4v) is 4.13. The van der Waals surface area contributed by atoms with Crippen LogP contribution in [0.5, 0.6) is 17.2 Å². The molecule has 2 aromatic rings. The Balaban J connectivity index is 1.50. The molecule has 2 heterocycles. The first-order chi connectivity index (χ1) is 18.6. The summed E-state index contributed by atoms with van der Waals surface area (Å²) in [5, 5.41) is 80.2. The van der Waals surface area contributed by atoms with Crippen LogP contribution in [0.2, 0.25) is 0 Å². The van der Waals surface area contributed by atoms with Gasteiger partial charge in [-0.25, -0.2) is 0 Å². The molecule has 0 radical (unpaired) electrons. The van der Waals surface area contributed by atoms with Gasteiger partial charge in [0, 0.05) is 6.07 Å². The van der Waals surface area contributed by atoms with Crippen molar-refractivity contribution < 1.29 is 64.6 Å². The quantitative estimate of drug-likeness (QED) is 0.134. The van der Waals surface area contributed by atoms with Gasteiger partial charge in [0.25, 0.3) is 0 Å². The number of hydrogen-bond acceptors (Lipinski definition) is 13. The van der Waals surface area contributed by atoms with E-state index in [1.807, 2.05) is 0 Å². The Morgan fingerprint density at radius 1 is 1.03 bits per heavy atom. The number of aromatic hydroxyl groups is 2. The molecule has 4 rings (SSSR count). The molecule has 8 atom stereocenters. The minimum atomic E-state index is -2.02. The lowest BCUT2D eigenvalue weighted by molar-refractivity contribution is -0.318. The zero-order valence-corrected chi connectivity index (χ0v) is 20.5. The Hall–Kier alpha value is -3.11. The molecule has 2 aromatic carbocycles. The second kappa shape index (κ2) is 12.0. The maximum absolute atomic E-state index is 12.6. The number of phenolic OH excluding ortho intramolecular Hbond substituents is 2. The van der Waals surface area contributed by atoms with Gasteiger partial charge in [-0.2, -0.15) is 0 Å². The molecular weight excluding hydrogens is 520 g/mol. The lowest BCUT2D eigenvalue weighted by Gasteiger charge is -2.42. The Morgan fingerprint density at radius 3 is 2.36 bits per heavy atom. The van der Waals surface area contributed by atoms with Crippen LogP contribution in [0.4, 0.5) is 0 Å². The number of benzene rings is 2. The Morgan fingerprint density at radius 2 is 1.74 bits per heavy atom. The summed E-state index contributed by atoms with van der Waals surface area (Å²) in [6.45, 7) is -2.00. The van der Waals surface area contributed by atoms with E-state index in [2.05, 4.69) is 0 Å². The Labute approximate surface area is 222 Å². The van der Waals surface area contributed by atoms with E-state index in [0.717, 1.165) is 6.07 Å². The summed E-state index contributed by atoms with van der Waals surface area (Å²) in [6.07, 6.45) is -8.18. The van der Waals surface area contributed by atoms with Crippen LogP contribution in [-0.2, 0) is 14.2 Å². The fourth-order valence-electron chi connectivity index (χ4n) is 4.13. The van der Waals surface area contributed by atoms with E-state index in [1.165, 1.54) is 36.4 Å². The Bertz CT molecular complexity index is 1170. The average Bonchev–Trinajstić information content (AvgIpc) is 3.21. The molecule has 2 aliphatic heterocycles. The van der Waals surface area contributed by atoms with Crippen molar-refractivity contribution in [3.05, 3.63) is 59.7 Å². The summed E-state index contributed by atoms with van der Waals surface area (Å²) < 4.78 is 22.0. The summed E-state index contributed by atoms with van der Waals surface area (Å²) in [4.78, 5) is 12.6. The molecule has 2 aliphatic rings. The highest BCUT2D eigenvalue weighted by atomic mass is 16.8. The molecule has 212 valence electrons. The largest absolute Gasteiger partial charge is 0.508 e. The standard InChI is InChI=1S/C26H30O13/c27-10-19-20(32)21(33)22(39-25-23(34)26(35,11-28)12-36-25)24(38-19)37-15-6-7-16(18(31)9-15)17(30)8-3-13-1-4-14(29)5-2-13/h1-9,19-25,27-29,31-35H,10-12H2/t19-,20-,21+,22-,23+,24-,25+,26-/m1/s1. The third-order valence-electron chi connectivity index (χ3n) is 6.50. The highest BCUT2D eigenvalue weighted by Gasteiger charge is 2.53. The van der Waals surface area contributed by atoms with E-state index in [0.29, 0.717) is 5.56 Å². The SMILES string of the molecule is O=C(C=Cc1ccc(O)cc1)c1ccc(O[C@@H]2O[C@H](CO)[C@@H](O)[C@H](O)[C@H]2O[C@@H]2OC[C@](O)(CO)[C@H]2O)cc1O. The molecule has 0 amide bonds. The predicted octanol–water partition coefficient (Wildman–Crippen LogP) is -1.36. The first-order valence-corrected chi connectivity index (χ1v) is 12.0. The summed E-state index contributed by atoms with van der Waals surface area (Å²) in [6, 6.07) is 9.85. The summed E-state index contributed by atoms with van der Waals surface area (Å²) in [5.74, 6) is -0.926. The van der Waals surface area contributed by atoms with Crippen LogP contribution in [-0.4, -0.2) is 115 Å². The molecule has 0 aromatic heterocycles. The number of hydrogen-bond donors (Lipinski definition) is 8. The molecular formula is C26H30O13. The van der Waals surface area contributed by atoms with Crippen molar-refractivity contribution in [1.29, 1.82) is 0 Å². The van der Waals surface area contributed by atoms with Gasteiger partial charge in [-0.1, -0.05) is 18.2 Å². The van der Waals surface area contributed by atoms with Gasteiger partial charge in [0.15, 0.2) is 18.2 Å². The zero-order chi connectivity index (χ0) is 28.3. The van der Waals surface area contributed by atoms with Gasteiger partial charge in [0.1, 0.15) is 47.3 Å². The van der Waals surface area contributed by atoms with E-state index >= 15 is 0 Å². The second-order valence-corrected chi connectivity index (χ2v) is 9.28. The number of ether oxygens (including phenoxy) is 4. The van der Waals surface area contributed by atoms with Crippen molar-refractivity contribution in [2.45, 2.75) is 48.7 Å². The molecule has 0 spiro atoms. The molecule has 39 heavy (non-hydrogen) atoms. The lowest BCUT2D eigenvalue weighted by atomic mass is 9.98. The van der Waals surface area contributed by atoms with Crippen LogP contribution in [0.15, 0.2) is 48.5 Å². The molecule has 0 aliphatic carbocycles. The minimum Gasteiger partial charge on any atom is -0.508 e. The number of ketones is 1. The molecule has 13 heteroatoms. The number of rotatable bonds is 9. The van der Waals surface area contributed by atoms with Gasteiger partial charge >= 0.3 is 0 Å². The first-order valence-electron chi connectivity index (χ1n) is 12.0. The van der Waals surface area contributed by atoms with Gasteiger partial charge in [-0.05, 0) is 35.9 Å². The van der Waals surface area contributed by atoms with Crippen molar-refractivity contribution in [2.24, 2.45) is 0 Å². The zero-order valence-electron chi connectivity index (χ0n) is 20.5. The monoisotopic (exact) mass is 550 g/mol. The van der Waals surface area contributed by atoms with Gasteiger partial charge in [0.2, 0.25) is 6.29 Å². The van der Waals surface area contributed by atoms with Crippen LogP contribution < -0.4 is 4.74 Å². The molecule has 0 unspecified atom stereocenters. The number of aliphatic hydroxyl groups excluding tert-OH is 5. The van der Waals surface area contributed by atoms with Crippen LogP contribution in [0, 0.1) is 0 Å². The fraction of sp³-hybridized carbons (Fsp3) is 0.423. The van der Waals surface area contributed by atoms with E-state index in [1.54, 1.807) is 12.1 Å². The second-order valence-electron chi connectivity index (χ2n) is 9.28. The van der Waals surface area contributed by atoms with E-state index < -0.39 is 80.1 Å².